The van der Waals surface area contributed by atoms with Crippen LogP contribution in [0.1, 0.15) is 84.3 Å². The molecule has 1 aromatic carbocycles. The summed E-state index contributed by atoms with van der Waals surface area (Å²) in [6.45, 7) is 9.40. The maximum Gasteiger partial charge on any atom is 0.409 e. The van der Waals surface area contributed by atoms with Crippen LogP contribution in [0.2, 0.25) is 0 Å². The molecule has 190 valence electrons. The number of carbonyl (C=O) groups is 1. The molecule has 1 amide bonds. The third-order valence-corrected chi connectivity index (χ3v) is 6.54. The lowest BCUT2D eigenvalue weighted by Gasteiger charge is -2.50. The largest absolute Gasteiger partial charge is 0.465 e. The fourth-order valence-corrected chi connectivity index (χ4v) is 4.68. The molecule has 1 saturated heterocycles. The lowest BCUT2D eigenvalue weighted by atomic mass is 9.85. The van der Waals surface area contributed by atoms with Crippen molar-refractivity contribution in [1.82, 2.24) is 4.90 Å². The van der Waals surface area contributed by atoms with Crippen LogP contribution in [0.3, 0.4) is 0 Å². The van der Waals surface area contributed by atoms with E-state index in [0.717, 1.165) is 43.2 Å². The van der Waals surface area contributed by atoms with Gasteiger partial charge in [0.25, 0.3) is 0 Å². The maximum atomic E-state index is 12.2. The van der Waals surface area contributed by atoms with Crippen molar-refractivity contribution in [3.8, 4) is 23.7 Å². The van der Waals surface area contributed by atoms with Gasteiger partial charge < -0.3 is 19.7 Å². The van der Waals surface area contributed by atoms with Crippen molar-refractivity contribution in [1.29, 1.82) is 0 Å². The summed E-state index contributed by atoms with van der Waals surface area (Å²) in [5.74, 6) is 11.8. The second kappa shape index (κ2) is 10.6. The minimum absolute atomic E-state index is 0.125. The van der Waals surface area contributed by atoms with E-state index in [1.54, 1.807) is 0 Å². The maximum absolute atomic E-state index is 12.2. The second-order valence-corrected chi connectivity index (χ2v) is 11.1. The Kier molecular flexibility index (Phi) is 8.22. The summed E-state index contributed by atoms with van der Waals surface area (Å²) >= 11 is 0. The summed E-state index contributed by atoms with van der Waals surface area (Å²) in [5, 5.41) is 20.5. The van der Waals surface area contributed by atoms with Gasteiger partial charge in [0.05, 0.1) is 13.2 Å². The highest BCUT2D eigenvalue weighted by molar-refractivity contribution is 5.68. The minimum atomic E-state index is -1.12. The lowest BCUT2D eigenvalue weighted by molar-refractivity contribution is -0.278. The number of amides is 1. The van der Waals surface area contributed by atoms with E-state index >= 15 is 0 Å². The number of rotatable bonds is 3. The van der Waals surface area contributed by atoms with Crippen molar-refractivity contribution in [2.75, 3.05) is 13.2 Å². The Hall–Kier alpha value is -2.51. The van der Waals surface area contributed by atoms with Gasteiger partial charge in [0, 0.05) is 17.5 Å². The molecule has 3 rings (SSSR count). The molecular weight excluding hydrogens is 442 g/mol. The smallest absolute Gasteiger partial charge is 0.409 e. The molecule has 1 saturated carbocycles. The van der Waals surface area contributed by atoms with Gasteiger partial charge >= 0.3 is 6.09 Å². The monoisotopic (exact) mass is 481 g/mol. The van der Waals surface area contributed by atoms with Crippen LogP contribution in [0.15, 0.2) is 24.3 Å². The molecule has 0 spiro atoms. The van der Waals surface area contributed by atoms with E-state index in [4.69, 9.17) is 9.47 Å². The Morgan fingerprint density at radius 1 is 1.03 bits per heavy atom. The molecule has 0 aromatic heterocycles. The van der Waals surface area contributed by atoms with Crippen LogP contribution in [0, 0.1) is 23.7 Å². The highest BCUT2D eigenvalue weighted by Gasteiger charge is 2.49. The zero-order chi connectivity index (χ0) is 25.7. The highest BCUT2D eigenvalue weighted by Crippen LogP contribution is 2.33. The predicted octanol–water partition coefficient (Wildman–Crippen LogP) is 4.97. The van der Waals surface area contributed by atoms with Crippen molar-refractivity contribution in [2.24, 2.45) is 0 Å². The molecule has 6 heteroatoms. The first-order chi connectivity index (χ1) is 16.3. The predicted molar refractivity (Wildman–Crippen MR) is 136 cm³/mol. The molecule has 1 heterocycles. The standard InChI is InChI=1S/C29H39NO5/c1-26(2,3)30(25(31)32)28(21-34-27(4,5)35-22-28)20-16-24-14-12-23(13-15-24)11-7-10-19-29(33)17-8-6-9-18-29/h12-15,33H,6-9,11,17-18,21-22H2,1-5H3,(H,31,32). The molecule has 35 heavy (non-hydrogen) atoms. The number of nitrogens with zero attached hydrogens (tertiary/aromatic N) is 1. The quantitative estimate of drug-likeness (QED) is 0.596. The first kappa shape index (κ1) is 27.1. The number of ether oxygens (including phenoxy) is 2. The van der Waals surface area contributed by atoms with Crippen molar-refractivity contribution in [2.45, 2.75) is 102 Å². The Balaban J connectivity index is 1.72. The van der Waals surface area contributed by atoms with Crippen LogP contribution in [0.25, 0.3) is 0 Å². The van der Waals surface area contributed by atoms with Crippen molar-refractivity contribution in [3.05, 3.63) is 35.4 Å². The van der Waals surface area contributed by atoms with E-state index in [-0.39, 0.29) is 13.2 Å². The number of aliphatic hydroxyl groups is 1. The van der Waals surface area contributed by atoms with Crippen molar-refractivity contribution < 1.29 is 24.5 Å². The Morgan fingerprint density at radius 3 is 2.17 bits per heavy atom. The average Bonchev–Trinajstić information content (AvgIpc) is 2.77. The van der Waals surface area contributed by atoms with Gasteiger partial charge in [0.2, 0.25) is 0 Å². The second-order valence-electron chi connectivity index (χ2n) is 11.1. The number of carboxylic acid groups (broad SMARTS) is 1. The van der Waals surface area contributed by atoms with E-state index in [2.05, 4.69) is 23.7 Å². The normalized spacial score (nSPS) is 20.5. The third kappa shape index (κ3) is 7.24. The first-order valence-electron chi connectivity index (χ1n) is 12.5. The lowest BCUT2D eigenvalue weighted by Crippen LogP contribution is -2.66. The molecule has 0 atom stereocenters. The van der Waals surface area contributed by atoms with Gasteiger partial charge in [-0.2, -0.15) is 0 Å². The van der Waals surface area contributed by atoms with Crippen LogP contribution in [0.5, 0.6) is 0 Å². The SMILES string of the molecule is CC1(C)OCC(C#Cc2ccc(CCC#CC3(O)CCCCC3)cc2)(N(C(=O)O)C(C)(C)C)CO1. The Labute approximate surface area is 210 Å². The van der Waals surface area contributed by atoms with Gasteiger partial charge in [-0.3, -0.25) is 4.90 Å². The number of benzene rings is 1. The van der Waals surface area contributed by atoms with Crippen LogP contribution >= 0.6 is 0 Å². The van der Waals surface area contributed by atoms with E-state index in [1.807, 2.05) is 58.9 Å². The highest BCUT2D eigenvalue weighted by atomic mass is 16.7. The van der Waals surface area contributed by atoms with Crippen LogP contribution in [0.4, 0.5) is 4.79 Å². The van der Waals surface area contributed by atoms with Gasteiger partial charge in [-0.05, 0) is 84.4 Å². The van der Waals surface area contributed by atoms with Gasteiger partial charge in [-0.15, -0.1) is 0 Å². The van der Waals surface area contributed by atoms with Crippen LogP contribution in [-0.2, 0) is 15.9 Å². The Bertz CT molecular complexity index is 998. The first-order valence-corrected chi connectivity index (χ1v) is 12.5. The topological polar surface area (TPSA) is 79.2 Å². The number of hydrogen-bond donors (Lipinski definition) is 2. The number of hydrogen-bond acceptors (Lipinski definition) is 4. The molecular formula is C29H39NO5. The molecule has 0 radical (unpaired) electrons. The summed E-state index contributed by atoms with van der Waals surface area (Å²) in [6, 6.07) is 7.91. The average molecular weight is 482 g/mol. The van der Waals surface area contributed by atoms with E-state index < -0.39 is 28.6 Å². The molecule has 2 aliphatic rings. The van der Waals surface area contributed by atoms with E-state index in [1.165, 1.54) is 11.3 Å². The van der Waals surface area contributed by atoms with Gasteiger partial charge in [0.1, 0.15) is 5.60 Å². The fourth-order valence-electron chi connectivity index (χ4n) is 4.68. The van der Waals surface area contributed by atoms with Gasteiger partial charge in [0.15, 0.2) is 11.3 Å². The summed E-state index contributed by atoms with van der Waals surface area (Å²) in [4.78, 5) is 13.6. The molecule has 0 bridgehead atoms. The van der Waals surface area contributed by atoms with E-state index in [9.17, 15) is 15.0 Å². The van der Waals surface area contributed by atoms with Crippen LogP contribution < -0.4 is 0 Å². The minimum Gasteiger partial charge on any atom is -0.465 e. The fraction of sp³-hybridized carbons (Fsp3) is 0.621. The summed E-state index contributed by atoms with van der Waals surface area (Å²) < 4.78 is 11.7. The molecule has 0 unspecified atom stereocenters. The summed E-state index contributed by atoms with van der Waals surface area (Å²) in [5.41, 5.74) is -0.674. The van der Waals surface area contributed by atoms with E-state index in [0.29, 0.717) is 6.42 Å². The molecule has 1 aromatic rings. The van der Waals surface area contributed by atoms with Crippen molar-refractivity contribution in [3.63, 3.8) is 0 Å². The van der Waals surface area contributed by atoms with Crippen molar-refractivity contribution >= 4 is 6.09 Å². The molecule has 1 aliphatic carbocycles. The summed E-state index contributed by atoms with van der Waals surface area (Å²) in [7, 11) is 0. The van der Waals surface area contributed by atoms with Crippen LogP contribution in [-0.4, -0.2) is 56.9 Å². The molecule has 1 aliphatic heterocycles. The van der Waals surface area contributed by atoms with Gasteiger partial charge in [-0.1, -0.05) is 42.2 Å². The molecule has 2 fully saturated rings. The molecule has 6 nitrogen and oxygen atoms in total. The van der Waals surface area contributed by atoms with Gasteiger partial charge in [-0.25, -0.2) is 4.79 Å². The third-order valence-electron chi connectivity index (χ3n) is 6.54. The molecule has 2 N–H and O–H groups in total. The number of aryl methyl sites for hydroxylation is 1. The zero-order valence-electron chi connectivity index (χ0n) is 21.7. The summed E-state index contributed by atoms with van der Waals surface area (Å²) in [6.07, 6.45) is 5.26. The Morgan fingerprint density at radius 2 is 1.63 bits per heavy atom. The zero-order valence-corrected chi connectivity index (χ0v) is 21.7.